The van der Waals surface area contributed by atoms with Crippen LogP contribution in [0.2, 0.25) is 5.02 Å². The lowest BCUT2D eigenvalue weighted by atomic mass is 9.96. The van der Waals surface area contributed by atoms with E-state index in [0.717, 1.165) is 17.7 Å². The van der Waals surface area contributed by atoms with E-state index < -0.39 is 0 Å². The molecule has 3 heteroatoms. The number of H-pyrrole nitrogens is 1. The molecule has 0 spiro atoms. The van der Waals surface area contributed by atoms with Crippen LogP contribution in [0.1, 0.15) is 12.5 Å². The Morgan fingerprint density at radius 1 is 1.10 bits per heavy atom. The van der Waals surface area contributed by atoms with Crippen LogP contribution in [0.25, 0.3) is 22.0 Å². The summed E-state index contributed by atoms with van der Waals surface area (Å²) in [4.78, 5) is 3.26. The van der Waals surface area contributed by atoms with Gasteiger partial charge in [0, 0.05) is 22.3 Å². The Balaban J connectivity index is 2.27. The molecule has 0 unspecified atom stereocenters. The molecule has 2 aromatic carbocycles. The number of aryl methyl sites for hydroxylation is 1. The molecule has 1 aromatic heterocycles. The van der Waals surface area contributed by atoms with Crippen LogP contribution in [-0.4, -0.2) is 12.1 Å². The fraction of sp³-hybridized carbons (Fsp3) is 0.176. The zero-order valence-corrected chi connectivity index (χ0v) is 12.3. The molecular formula is C17H16ClNO. The second kappa shape index (κ2) is 5.22. The minimum Gasteiger partial charge on any atom is -0.496 e. The van der Waals surface area contributed by atoms with Crippen LogP contribution in [0.4, 0.5) is 0 Å². The highest BCUT2D eigenvalue weighted by Crippen LogP contribution is 2.36. The third-order valence-corrected chi connectivity index (χ3v) is 3.85. The Labute approximate surface area is 123 Å². The van der Waals surface area contributed by atoms with E-state index in [1.54, 1.807) is 7.11 Å². The van der Waals surface area contributed by atoms with Crippen LogP contribution >= 0.6 is 11.6 Å². The smallest absolute Gasteiger partial charge is 0.128 e. The summed E-state index contributed by atoms with van der Waals surface area (Å²) in [7, 11) is 1.68. The topological polar surface area (TPSA) is 25.0 Å². The van der Waals surface area contributed by atoms with Crippen molar-refractivity contribution >= 4 is 22.5 Å². The summed E-state index contributed by atoms with van der Waals surface area (Å²) >= 11 is 6.05. The van der Waals surface area contributed by atoms with Gasteiger partial charge in [0.2, 0.25) is 0 Å². The normalized spacial score (nSPS) is 10.9. The van der Waals surface area contributed by atoms with Gasteiger partial charge in [0.1, 0.15) is 5.75 Å². The van der Waals surface area contributed by atoms with E-state index in [9.17, 15) is 0 Å². The zero-order chi connectivity index (χ0) is 14.1. The van der Waals surface area contributed by atoms with Crippen molar-refractivity contribution in [2.24, 2.45) is 0 Å². The molecule has 2 nitrogen and oxygen atoms in total. The van der Waals surface area contributed by atoms with Crippen LogP contribution < -0.4 is 4.74 Å². The SMILES string of the molecule is CCc1cc2[nH]ccc2cc1-c1ccc(Cl)cc1OC. The Hall–Kier alpha value is -1.93. The average Bonchev–Trinajstić information content (AvgIpc) is 2.92. The summed E-state index contributed by atoms with van der Waals surface area (Å²) in [6.45, 7) is 2.16. The fourth-order valence-corrected chi connectivity index (χ4v) is 2.74. The monoisotopic (exact) mass is 285 g/mol. The molecule has 20 heavy (non-hydrogen) atoms. The molecule has 0 atom stereocenters. The standard InChI is InChI=1S/C17H16ClNO/c1-3-11-9-16-12(6-7-19-16)8-15(11)14-5-4-13(18)10-17(14)20-2/h4-10,19H,3H2,1-2H3. The Morgan fingerprint density at radius 3 is 2.70 bits per heavy atom. The molecular weight excluding hydrogens is 270 g/mol. The first kappa shape index (κ1) is 13.1. The predicted molar refractivity (Wildman–Crippen MR) is 84.7 cm³/mol. The van der Waals surface area contributed by atoms with Crippen molar-refractivity contribution in [2.75, 3.05) is 7.11 Å². The highest BCUT2D eigenvalue weighted by Gasteiger charge is 2.12. The van der Waals surface area contributed by atoms with E-state index in [2.05, 4.69) is 30.1 Å². The second-order valence-corrected chi connectivity index (χ2v) is 5.21. The summed E-state index contributed by atoms with van der Waals surface area (Å²) in [5, 5.41) is 1.89. The minimum atomic E-state index is 0.686. The van der Waals surface area contributed by atoms with Gasteiger partial charge >= 0.3 is 0 Å². The highest BCUT2D eigenvalue weighted by atomic mass is 35.5. The van der Waals surface area contributed by atoms with Gasteiger partial charge in [-0.1, -0.05) is 18.5 Å². The number of fused-ring (bicyclic) bond motifs is 1. The number of hydrogen-bond donors (Lipinski definition) is 1. The first-order valence-corrected chi connectivity index (χ1v) is 7.04. The largest absolute Gasteiger partial charge is 0.496 e. The van der Waals surface area contributed by atoms with E-state index in [1.807, 2.05) is 24.4 Å². The van der Waals surface area contributed by atoms with Crippen LogP contribution in [0.15, 0.2) is 42.6 Å². The van der Waals surface area contributed by atoms with E-state index in [1.165, 1.54) is 22.0 Å². The summed E-state index contributed by atoms with van der Waals surface area (Å²) < 4.78 is 5.48. The molecule has 0 aliphatic carbocycles. The number of aromatic nitrogens is 1. The van der Waals surface area contributed by atoms with E-state index >= 15 is 0 Å². The molecule has 0 saturated heterocycles. The molecule has 1 N–H and O–H groups in total. The zero-order valence-electron chi connectivity index (χ0n) is 11.5. The number of benzene rings is 2. The number of rotatable bonds is 3. The number of nitrogens with one attached hydrogen (secondary N) is 1. The van der Waals surface area contributed by atoms with Crippen LogP contribution in [-0.2, 0) is 6.42 Å². The van der Waals surface area contributed by atoms with Gasteiger partial charge in [-0.15, -0.1) is 0 Å². The molecule has 0 bridgehead atoms. The van der Waals surface area contributed by atoms with Gasteiger partial charge < -0.3 is 9.72 Å². The maximum atomic E-state index is 6.05. The van der Waals surface area contributed by atoms with Gasteiger partial charge in [-0.05, 0) is 59.3 Å². The molecule has 102 valence electrons. The Morgan fingerprint density at radius 2 is 1.95 bits per heavy atom. The van der Waals surface area contributed by atoms with Crippen molar-refractivity contribution in [3.63, 3.8) is 0 Å². The van der Waals surface area contributed by atoms with Gasteiger partial charge in [0.25, 0.3) is 0 Å². The molecule has 1 heterocycles. The highest BCUT2D eigenvalue weighted by molar-refractivity contribution is 6.30. The van der Waals surface area contributed by atoms with E-state index in [4.69, 9.17) is 16.3 Å². The summed E-state index contributed by atoms with van der Waals surface area (Å²) in [5.74, 6) is 0.807. The second-order valence-electron chi connectivity index (χ2n) is 4.77. The quantitative estimate of drug-likeness (QED) is 0.715. The van der Waals surface area contributed by atoms with Gasteiger partial charge in [0.05, 0.1) is 7.11 Å². The van der Waals surface area contributed by atoms with Gasteiger partial charge in [0.15, 0.2) is 0 Å². The molecule has 0 radical (unpaired) electrons. The number of aromatic amines is 1. The minimum absolute atomic E-state index is 0.686. The first-order valence-electron chi connectivity index (χ1n) is 6.67. The van der Waals surface area contributed by atoms with E-state index in [-0.39, 0.29) is 0 Å². The molecule has 0 saturated carbocycles. The molecule has 0 amide bonds. The first-order chi connectivity index (χ1) is 9.72. The number of methoxy groups -OCH3 is 1. The maximum absolute atomic E-state index is 6.05. The number of halogens is 1. The molecule has 0 aliphatic rings. The van der Waals surface area contributed by atoms with Crippen molar-refractivity contribution in [3.8, 4) is 16.9 Å². The lowest BCUT2D eigenvalue weighted by Crippen LogP contribution is -1.92. The van der Waals surface area contributed by atoms with Crippen LogP contribution in [0, 0.1) is 0 Å². The molecule has 3 rings (SSSR count). The predicted octanol–water partition coefficient (Wildman–Crippen LogP) is 5.06. The van der Waals surface area contributed by atoms with Gasteiger partial charge in [-0.2, -0.15) is 0 Å². The molecule has 3 aromatic rings. The lowest BCUT2D eigenvalue weighted by Gasteiger charge is -2.13. The van der Waals surface area contributed by atoms with E-state index in [0.29, 0.717) is 5.02 Å². The maximum Gasteiger partial charge on any atom is 0.128 e. The number of hydrogen-bond acceptors (Lipinski definition) is 1. The third kappa shape index (κ3) is 2.16. The van der Waals surface area contributed by atoms with Crippen molar-refractivity contribution < 1.29 is 4.74 Å². The molecule has 0 aliphatic heterocycles. The third-order valence-electron chi connectivity index (χ3n) is 3.61. The van der Waals surface area contributed by atoms with Gasteiger partial charge in [-0.3, -0.25) is 0 Å². The van der Waals surface area contributed by atoms with Crippen molar-refractivity contribution in [1.82, 2.24) is 4.98 Å². The molecule has 0 fully saturated rings. The number of ether oxygens (including phenoxy) is 1. The van der Waals surface area contributed by atoms with Crippen molar-refractivity contribution in [2.45, 2.75) is 13.3 Å². The van der Waals surface area contributed by atoms with Crippen molar-refractivity contribution in [3.05, 3.63) is 53.2 Å². The summed E-state index contributed by atoms with van der Waals surface area (Å²) in [6, 6.07) is 12.3. The van der Waals surface area contributed by atoms with Gasteiger partial charge in [-0.25, -0.2) is 0 Å². The Bertz CT molecular complexity index is 761. The van der Waals surface area contributed by atoms with Crippen molar-refractivity contribution in [1.29, 1.82) is 0 Å². The Kier molecular flexibility index (Phi) is 3.41. The average molecular weight is 286 g/mol. The van der Waals surface area contributed by atoms with Crippen LogP contribution in [0.5, 0.6) is 5.75 Å². The summed E-state index contributed by atoms with van der Waals surface area (Å²) in [5.41, 5.74) is 4.74. The summed E-state index contributed by atoms with van der Waals surface area (Å²) in [6.07, 6.45) is 2.93. The lowest BCUT2D eigenvalue weighted by molar-refractivity contribution is 0.416. The fourth-order valence-electron chi connectivity index (χ4n) is 2.58. The van der Waals surface area contributed by atoms with Crippen LogP contribution in [0.3, 0.4) is 0 Å².